The lowest BCUT2D eigenvalue weighted by Crippen LogP contribution is -2.27. The lowest BCUT2D eigenvalue weighted by Gasteiger charge is -2.04. The molecule has 0 aromatic rings. The molecule has 0 aliphatic rings. The molecule has 5 nitrogen and oxygen atoms in total. The van der Waals surface area contributed by atoms with E-state index in [1.165, 1.54) is 19.3 Å². The molecule has 20 heavy (non-hydrogen) atoms. The number of hydrogen-bond donors (Lipinski definition) is 0. The van der Waals surface area contributed by atoms with Crippen LogP contribution in [0, 0.1) is 0 Å². The van der Waals surface area contributed by atoms with E-state index in [4.69, 9.17) is 21.2 Å². The van der Waals surface area contributed by atoms with Gasteiger partial charge in [0.25, 0.3) is 0 Å². The third kappa shape index (κ3) is 8.91. The highest BCUT2D eigenvalue weighted by atomic mass is 35.5. The van der Waals surface area contributed by atoms with Crippen LogP contribution in [0.2, 0.25) is 0 Å². The first kappa shape index (κ1) is 18.9. The number of Topliss-reactive ketones (excluding diaryl/α,β-unsaturated/α-hetero) is 1. The first-order chi connectivity index (χ1) is 9.67. The van der Waals surface area contributed by atoms with E-state index in [0.717, 1.165) is 19.3 Å². The molecule has 0 atom stereocenters. The van der Waals surface area contributed by atoms with Crippen LogP contribution in [0.4, 0.5) is 0 Å². The van der Waals surface area contributed by atoms with Gasteiger partial charge in [0, 0.05) is 0 Å². The Bertz CT molecular complexity index is 318. The van der Waals surface area contributed by atoms with Gasteiger partial charge in [-0.3, -0.25) is 4.79 Å². The molecule has 0 amide bonds. The van der Waals surface area contributed by atoms with Crippen molar-refractivity contribution in [3.05, 3.63) is 0 Å². The summed E-state index contributed by atoms with van der Waals surface area (Å²) in [5, 5.41) is 3.56. The number of hydrogen-bond acceptors (Lipinski definition) is 5. The second-order valence-corrected chi connectivity index (χ2v) is 4.59. The molecule has 0 N–H and O–H groups in total. The average molecular weight is 306 g/mol. The molecule has 6 heteroatoms. The van der Waals surface area contributed by atoms with Crippen molar-refractivity contribution in [2.75, 3.05) is 19.1 Å². The number of rotatable bonds is 12. The van der Waals surface area contributed by atoms with E-state index in [2.05, 4.69) is 12.1 Å². The lowest BCUT2D eigenvalue weighted by molar-refractivity contribution is -0.135. The highest BCUT2D eigenvalue weighted by Gasteiger charge is 2.21. The van der Waals surface area contributed by atoms with Gasteiger partial charge in [-0.15, -0.1) is 11.6 Å². The molecule has 0 radical (unpaired) electrons. The number of carbonyl (C=O) groups is 2. The van der Waals surface area contributed by atoms with E-state index in [1.807, 2.05) is 0 Å². The van der Waals surface area contributed by atoms with Gasteiger partial charge in [-0.1, -0.05) is 37.8 Å². The maximum atomic E-state index is 11.5. The fourth-order valence-corrected chi connectivity index (χ4v) is 1.65. The molecule has 0 spiro atoms. The highest BCUT2D eigenvalue weighted by Crippen LogP contribution is 2.05. The van der Waals surface area contributed by atoms with E-state index in [-0.39, 0.29) is 18.2 Å². The normalized spacial score (nSPS) is 11.2. The van der Waals surface area contributed by atoms with Crippen molar-refractivity contribution < 1.29 is 19.2 Å². The molecule has 0 aliphatic heterocycles. The van der Waals surface area contributed by atoms with Crippen molar-refractivity contribution in [2.45, 2.75) is 52.4 Å². The van der Waals surface area contributed by atoms with Crippen molar-refractivity contribution in [1.29, 1.82) is 0 Å². The van der Waals surface area contributed by atoms with Crippen LogP contribution in [0.1, 0.15) is 52.4 Å². The van der Waals surface area contributed by atoms with Gasteiger partial charge in [0.1, 0.15) is 6.61 Å². The zero-order valence-electron chi connectivity index (χ0n) is 12.3. The van der Waals surface area contributed by atoms with Crippen LogP contribution < -0.4 is 0 Å². The fourth-order valence-electron chi connectivity index (χ4n) is 1.52. The Morgan fingerprint density at radius 3 is 2.30 bits per heavy atom. The van der Waals surface area contributed by atoms with E-state index in [9.17, 15) is 9.59 Å². The molecule has 0 saturated heterocycles. The van der Waals surface area contributed by atoms with Gasteiger partial charge in [0.15, 0.2) is 0 Å². The number of halogens is 1. The van der Waals surface area contributed by atoms with Gasteiger partial charge in [-0.2, -0.15) is 0 Å². The summed E-state index contributed by atoms with van der Waals surface area (Å²) in [6.07, 6.45) is 6.73. The van der Waals surface area contributed by atoms with E-state index >= 15 is 0 Å². The number of oxime groups is 1. The summed E-state index contributed by atoms with van der Waals surface area (Å²) >= 11 is 5.41. The fraction of sp³-hybridized carbons (Fsp3) is 0.786. The number of alkyl halides is 1. The van der Waals surface area contributed by atoms with Crippen molar-refractivity contribution >= 4 is 29.1 Å². The maximum absolute atomic E-state index is 11.5. The molecular weight excluding hydrogens is 282 g/mol. The quantitative estimate of drug-likeness (QED) is 0.139. The summed E-state index contributed by atoms with van der Waals surface area (Å²) in [5.41, 5.74) is -0.368. The average Bonchev–Trinajstić information content (AvgIpc) is 2.45. The third-order valence-corrected chi connectivity index (χ3v) is 2.84. The minimum Gasteiger partial charge on any atom is -0.461 e. The minimum absolute atomic E-state index is 0.171. The van der Waals surface area contributed by atoms with Crippen LogP contribution in [-0.4, -0.2) is 36.6 Å². The van der Waals surface area contributed by atoms with Crippen molar-refractivity contribution in [3.63, 3.8) is 0 Å². The van der Waals surface area contributed by atoms with Gasteiger partial charge in [0.2, 0.25) is 11.5 Å². The molecule has 0 aromatic heterocycles. The largest absolute Gasteiger partial charge is 0.461 e. The molecule has 0 heterocycles. The molecule has 0 saturated carbocycles. The van der Waals surface area contributed by atoms with E-state index < -0.39 is 11.8 Å². The summed E-state index contributed by atoms with van der Waals surface area (Å²) in [6.45, 7) is 4.37. The Balaban J connectivity index is 4.02. The first-order valence-electron chi connectivity index (χ1n) is 7.13. The first-order valence-corrected chi connectivity index (χ1v) is 7.67. The van der Waals surface area contributed by atoms with E-state index in [1.54, 1.807) is 6.92 Å². The SMILES string of the molecule is CCCCCCCCO/N=C(\C(=O)CCl)C(=O)OCC. The molecule has 116 valence electrons. The zero-order valence-corrected chi connectivity index (χ0v) is 13.1. The lowest BCUT2D eigenvalue weighted by atomic mass is 10.1. The minimum atomic E-state index is -0.791. The van der Waals surface area contributed by atoms with Crippen molar-refractivity contribution in [3.8, 4) is 0 Å². The third-order valence-electron chi connectivity index (χ3n) is 2.60. The second-order valence-electron chi connectivity index (χ2n) is 4.32. The Labute approximate surface area is 125 Å². The van der Waals surface area contributed by atoms with Gasteiger partial charge in [-0.05, 0) is 19.8 Å². The summed E-state index contributed by atoms with van der Waals surface area (Å²) < 4.78 is 4.72. The summed E-state index contributed by atoms with van der Waals surface area (Å²) in [4.78, 5) is 27.9. The van der Waals surface area contributed by atoms with Crippen LogP contribution in [0.25, 0.3) is 0 Å². The standard InChI is InChI=1S/C14H24ClNO4/c1-3-5-6-7-8-9-10-20-16-13(12(17)11-15)14(18)19-4-2/h3-11H2,1-2H3/b16-13+. The van der Waals surface area contributed by atoms with Gasteiger partial charge < -0.3 is 9.57 Å². The molecule has 0 aromatic carbocycles. The topological polar surface area (TPSA) is 65.0 Å². The summed E-state index contributed by atoms with van der Waals surface area (Å²) in [7, 11) is 0. The Morgan fingerprint density at radius 2 is 1.70 bits per heavy atom. The Morgan fingerprint density at radius 1 is 1.05 bits per heavy atom. The van der Waals surface area contributed by atoms with Gasteiger partial charge in [0.05, 0.1) is 12.5 Å². The summed E-state index contributed by atoms with van der Waals surface area (Å²) in [5.74, 6) is -1.70. The van der Waals surface area contributed by atoms with Crippen LogP contribution >= 0.6 is 11.6 Å². The molecule has 0 bridgehead atoms. The van der Waals surface area contributed by atoms with Crippen LogP contribution in [-0.2, 0) is 19.2 Å². The number of ketones is 1. The molecule has 0 rings (SSSR count). The number of esters is 1. The van der Waals surface area contributed by atoms with E-state index in [0.29, 0.717) is 6.61 Å². The second kappa shape index (κ2) is 12.9. The smallest absolute Gasteiger partial charge is 0.364 e. The van der Waals surface area contributed by atoms with Crippen molar-refractivity contribution in [2.24, 2.45) is 5.16 Å². The Kier molecular flexibility index (Phi) is 12.2. The predicted molar refractivity (Wildman–Crippen MR) is 79.1 cm³/mol. The van der Waals surface area contributed by atoms with Crippen LogP contribution in [0.5, 0.6) is 0 Å². The number of unbranched alkanes of at least 4 members (excludes halogenated alkanes) is 5. The van der Waals surface area contributed by atoms with Crippen LogP contribution in [0.15, 0.2) is 5.16 Å². The molecule has 0 aliphatic carbocycles. The Hall–Kier alpha value is -1.10. The highest BCUT2D eigenvalue weighted by molar-refractivity contribution is 6.67. The predicted octanol–water partition coefficient (Wildman–Crippen LogP) is 3.09. The van der Waals surface area contributed by atoms with Crippen LogP contribution in [0.3, 0.4) is 0 Å². The molecule has 0 fully saturated rings. The number of ether oxygens (including phenoxy) is 1. The summed E-state index contributed by atoms with van der Waals surface area (Å²) in [6, 6.07) is 0. The number of nitrogens with zero attached hydrogens (tertiary/aromatic N) is 1. The maximum Gasteiger partial charge on any atom is 0.364 e. The number of carbonyl (C=O) groups excluding carboxylic acids is 2. The van der Waals surface area contributed by atoms with Crippen molar-refractivity contribution in [1.82, 2.24) is 0 Å². The molecular formula is C14H24ClNO4. The monoisotopic (exact) mass is 305 g/mol. The van der Waals surface area contributed by atoms with Gasteiger partial charge in [-0.25, -0.2) is 4.79 Å². The molecule has 0 unspecified atom stereocenters. The zero-order chi connectivity index (χ0) is 15.2. The van der Waals surface area contributed by atoms with Gasteiger partial charge >= 0.3 is 5.97 Å².